The van der Waals surface area contributed by atoms with Gasteiger partial charge in [0, 0.05) is 13.0 Å². The van der Waals surface area contributed by atoms with Gasteiger partial charge in [0.1, 0.15) is 6.61 Å². The van der Waals surface area contributed by atoms with E-state index in [0.29, 0.717) is 18.5 Å². The second kappa shape index (κ2) is 7.76. The SMILES string of the molecule is O=C(OCc1ccccc1)N1CCCCC1C1=CCC(O)(C(F)(F)F)C=C1. The van der Waals surface area contributed by atoms with E-state index in [1.807, 2.05) is 30.3 Å². The fourth-order valence-electron chi connectivity index (χ4n) is 3.40. The Morgan fingerprint density at radius 3 is 2.63 bits per heavy atom. The number of aliphatic hydroxyl groups is 1. The van der Waals surface area contributed by atoms with Crippen LogP contribution in [0.3, 0.4) is 0 Å². The molecule has 0 spiro atoms. The summed E-state index contributed by atoms with van der Waals surface area (Å²) in [6.45, 7) is 0.638. The summed E-state index contributed by atoms with van der Waals surface area (Å²) in [5, 5.41) is 9.75. The van der Waals surface area contributed by atoms with Crippen LogP contribution in [0.25, 0.3) is 0 Å². The van der Waals surface area contributed by atoms with Crippen molar-refractivity contribution in [2.45, 2.75) is 50.1 Å². The lowest BCUT2D eigenvalue weighted by atomic mass is 9.86. The highest BCUT2D eigenvalue weighted by atomic mass is 19.4. The van der Waals surface area contributed by atoms with Crippen LogP contribution in [-0.4, -0.2) is 40.5 Å². The predicted octanol–water partition coefficient (Wildman–Crippen LogP) is 4.36. The number of halogens is 3. The lowest BCUT2D eigenvalue weighted by molar-refractivity contribution is -0.238. The molecule has 1 N–H and O–H groups in total. The minimum atomic E-state index is -4.73. The van der Waals surface area contributed by atoms with Gasteiger partial charge < -0.3 is 14.7 Å². The molecule has 146 valence electrons. The summed E-state index contributed by atoms with van der Waals surface area (Å²) in [7, 11) is 0. The Bertz CT molecular complexity index is 730. The molecule has 1 aliphatic heterocycles. The summed E-state index contributed by atoms with van der Waals surface area (Å²) in [6, 6.07) is 8.95. The first-order valence-corrected chi connectivity index (χ1v) is 8.96. The van der Waals surface area contributed by atoms with Crippen molar-refractivity contribution in [1.29, 1.82) is 0 Å². The average Bonchev–Trinajstić information content (AvgIpc) is 2.67. The molecule has 1 fully saturated rings. The van der Waals surface area contributed by atoms with E-state index in [2.05, 4.69) is 0 Å². The summed E-state index contributed by atoms with van der Waals surface area (Å²) in [5.74, 6) is 0. The smallest absolute Gasteiger partial charge is 0.421 e. The molecule has 2 atom stereocenters. The summed E-state index contributed by atoms with van der Waals surface area (Å²) >= 11 is 0. The van der Waals surface area contributed by atoms with Crippen LogP contribution in [-0.2, 0) is 11.3 Å². The number of ether oxygens (including phenoxy) is 1. The Kier molecular flexibility index (Phi) is 5.60. The second-order valence-corrected chi connectivity index (χ2v) is 6.91. The van der Waals surface area contributed by atoms with Crippen molar-refractivity contribution >= 4 is 6.09 Å². The van der Waals surface area contributed by atoms with E-state index in [-0.39, 0.29) is 12.6 Å². The van der Waals surface area contributed by atoms with Crippen LogP contribution in [0.1, 0.15) is 31.2 Å². The van der Waals surface area contributed by atoms with Crippen LogP contribution >= 0.6 is 0 Å². The molecule has 4 nitrogen and oxygen atoms in total. The molecule has 7 heteroatoms. The summed E-state index contributed by atoms with van der Waals surface area (Å²) in [5.41, 5.74) is -1.36. The van der Waals surface area contributed by atoms with E-state index < -0.39 is 24.3 Å². The molecule has 1 heterocycles. The number of nitrogens with zero attached hydrogens (tertiary/aromatic N) is 1. The Morgan fingerprint density at radius 2 is 2.00 bits per heavy atom. The van der Waals surface area contributed by atoms with E-state index in [0.717, 1.165) is 24.5 Å². The predicted molar refractivity (Wildman–Crippen MR) is 93.8 cm³/mol. The summed E-state index contributed by atoms with van der Waals surface area (Å²) in [6.07, 6.45) is 0.0339. The van der Waals surface area contributed by atoms with Gasteiger partial charge >= 0.3 is 12.3 Å². The van der Waals surface area contributed by atoms with Crippen LogP contribution in [0.5, 0.6) is 0 Å². The van der Waals surface area contributed by atoms with Gasteiger partial charge in [0.05, 0.1) is 6.04 Å². The normalized spacial score (nSPS) is 25.9. The quantitative estimate of drug-likeness (QED) is 0.847. The standard InChI is InChI=1S/C20H22F3NO3/c21-20(22,23)19(26)11-9-16(10-12-19)17-8-4-5-13-24(17)18(25)27-14-15-6-2-1-3-7-15/h1-3,6-7,9-11,17,26H,4-5,8,12-14H2. The van der Waals surface area contributed by atoms with Gasteiger partial charge in [-0.2, -0.15) is 13.2 Å². The van der Waals surface area contributed by atoms with Crippen LogP contribution in [0.2, 0.25) is 0 Å². The first kappa shape index (κ1) is 19.5. The van der Waals surface area contributed by atoms with Gasteiger partial charge in [0.2, 0.25) is 0 Å². The molecule has 2 aliphatic rings. The third kappa shape index (κ3) is 4.35. The fraction of sp³-hybridized carbons (Fsp3) is 0.450. The lowest BCUT2D eigenvalue weighted by Gasteiger charge is -2.38. The zero-order valence-corrected chi connectivity index (χ0v) is 14.8. The van der Waals surface area contributed by atoms with Crippen molar-refractivity contribution in [2.24, 2.45) is 0 Å². The van der Waals surface area contributed by atoms with Crippen LogP contribution in [0.15, 0.2) is 54.1 Å². The van der Waals surface area contributed by atoms with Gasteiger partial charge in [-0.25, -0.2) is 4.79 Å². The van der Waals surface area contributed by atoms with Crippen molar-refractivity contribution in [3.8, 4) is 0 Å². The highest BCUT2D eigenvalue weighted by Crippen LogP contribution is 2.39. The topological polar surface area (TPSA) is 49.8 Å². The molecular formula is C20H22F3NO3. The van der Waals surface area contributed by atoms with Crippen molar-refractivity contribution in [2.75, 3.05) is 6.54 Å². The zero-order chi connectivity index (χ0) is 19.5. The highest BCUT2D eigenvalue weighted by Gasteiger charge is 2.52. The maximum atomic E-state index is 12.9. The molecule has 0 saturated carbocycles. The van der Waals surface area contributed by atoms with Gasteiger partial charge in [-0.1, -0.05) is 42.5 Å². The number of carbonyl (C=O) groups excluding carboxylic acids is 1. The van der Waals surface area contributed by atoms with E-state index in [1.165, 1.54) is 12.2 Å². The first-order valence-electron chi connectivity index (χ1n) is 8.96. The Morgan fingerprint density at radius 1 is 1.26 bits per heavy atom. The third-order valence-corrected chi connectivity index (χ3v) is 5.02. The number of alkyl halides is 3. The Balaban J connectivity index is 1.67. The minimum Gasteiger partial charge on any atom is -0.445 e. The fourth-order valence-corrected chi connectivity index (χ4v) is 3.40. The third-order valence-electron chi connectivity index (χ3n) is 5.02. The summed E-state index contributed by atoms with van der Waals surface area (Å²) < 4.78 is 44.2. The first-order chi connectivity index (χ1) is 12.8. The van der Waals surface area contributed by atoms with Crippen molar-refractivity contribution in [1.82, 2.24) is 4.90 Å². The summed E-state index contributed by atoms with van der Waals surface area (Å²) in [4.78, 5) is 14.1. The van der Waals surface area contributed by atoms with Crippen LogP contribution in [0.4, 0.5) is 18.0 Å². The molecule has 1 aromatic carbocycles. The number of carbonyl (C=O) groups is 1. The van der Waals surface area contributed by atoms with Crippen molar-refractivity contribution in [3.63, 3.8) is 0 Å². The van der Waals surface area contributed by atoms with Gasteiger partial charge in [0.25, 0.3) is 0 Å². The monoisotopic (exact) mass is 381 g/mol. The van der Waals surface area contributed by atoms with E-state index in [1.54, 1.807) is 4.90 Å². The van der Waals surface area contributed by atoms with Gasteiger partial charge in [0.15, 0.2) is 5.60 Å². The number of benzene rings is 1. The maximum absolute atomic E-state index is 12.9. The Labute approximate surface area is 155 Å². The second-order valence-electron chi connectivity index (χ2n) is 6.91. The number of amides is 1. The number of hydrogen-bond acceptors (Lipinski definition) is 3. The molecule has 0 radical (unpaired) electrons. The van der Waals surface area contributed by atoms with Crippen molar-refractivity contribution < 1.29 is 27.8 Å². The van der Waals surface area contributed by atoms with E-state index in [4.69, 9.17) is 4.74 Å². The van der Waals surface area contributed by atoms with Gasteiger partial charge in [-0.15, -0.1) is 0 Å². The van der Waals surface area contributed by atoms with E-state index >= 15 is 0 Å². The minimum absolute atomic E-state index is 0.144. The molecule has 0 aromatic heterocycles. The number of piperidine rings is 1. The lowest BCUT2D eigenvalue weighted by Crippen LogP contribution is -2.47. The number of hydrogen-bond donors (Lipinski definition) is 1. The Hall–Kier alpha value is -2.28. The largest absolute Gasteiger partial charge is 0.445 e. The molecule has 1 amide bonds. The van der Waals surface area contributed by atoms with Crippen LogP contribution < -0.4 is 0 Å². The number of likely N-dealkylation sites (tertiary alicyclic amines) is 1. The van der Waals surface area contributed by atoms with Crippen LogP contribution in [0, 0.1) is 0 Å². The average molecular weight is 381 g/mol. The molecule has 1 aromatic rings. The number of rotatable bonds is 3. The van der Waals surface area contributed by atoms with Crippen molar-refractivity contribution in [3.05, 3.63) is 59.7 Å². The molecule has 2 unspecified atom stereocenters. The molecule has 1 aliphatic carbocycles. The molecule has 0 bridgehead atoms. The maximum Gasteiger partial charge on any atom is 0.421 e. The molecular weight excluding hydrogens is 359 g/mol. The molecule has 27 heavy (non-hydrogen) atoms. The highest BCUT2D eigenvalue weighted by molar-refractivity contribution is 5.69. The molecule has 1 saturated heterocycles. The van der Waals surface area contributed by atoms with E-state index in [9.17, 15) is 23.1 Å². The van der Waals surface area contributed by atoms with Gasteiger partial charge in [-0.3, -0.25) is 0 Å². The van der Waals surface area contributed by atoms with Gasteiger partial charge in [-0.05, 0) is 36.5 Å². The molecule has 3 rings (SSSR count). The zero-order valence-electron chi connectivity index (χ0n) is 14.8.